The van der Waals surface area contributed by atoms with Gasteiger partial charge in [0.25, 0.3) is 0 Å². The summed E-state index contributed by atoms with van der Waals surface area (Å²) >= 11 is 0. The van der Waals surface area contributed by atoms with E-state index in [0.717, 1.165) is 11.8 Å². The van der Waals surface area contributed by atoms with Gasteiger partial charge in [-0.1, -0.05) is 24.1 Å². The first-order chi connectivity index (χ1) is 5.95. The lowest BCUT2D eigenvalue weighted by Gasteiger charge is -2.23. The van der Waals surface area contributed by atoms with Crippen LogP contribution in [0.3, 0.4) is 0 Å². The van der Waals surface area contributed by atoms with Gasteiger partial charge < -0.3 is 0 Å². The summed E-state index contributed by atoms with van der Waals surface area (Å²) in [6.45, 7) is 0. The molecule has 0 aromatic carbocycles. The molecule has 0 nitrogen and oxygen atoms in total. The highest BCUT2D eigenvalue weighted by molar-refractivity contribution is 5.36. The minimum Gasteiger partial charge on any atom is -0.0805 e. The van der Waals surface area contributed by atoms with Gasteiger partial charge in [-0.3, -0.25) is 0 Å². The van der Waals surface area contributed by atoms with Gasteiger partial charge in [-0.25, -0.2) is 0 Å². The zero-order valence-electron chi connectivity index (χ0n) is 7.55. The molecular weight excluding hydrogens is 144 g/mol. The third kappa shape index (κ3) is 0.840. The maximum absolute atomic E-state index is 2.49. The fourth-order valence-corrected chi connectivity index (χ4v) is 3.30. The van der Waals surface area contributed by atoms with Crippen molar-refractivity contribution in [2.45, 2.75) is 38.5 Å². The highest BCUT2D eigenvalue weighted by Crippen LogP contribution is 2.47. The van der Waals surface area contributed by atoms with Crippen LogP contribution in [0.2, 0.25) is 0 Å². The van der Waals surface area contributed by atoms with Crippen molar-refractivity contribution in [3.05, 3.63) is 23.3 Å². The lowest BCUT2D eigenvalue weighted by atomic mass is 9.82. The van der Waals surface area contributed by atoms with E-state index in [9.17, 15) is 0 Å². The van der Waals surface area contributed by atoms with Gasteiger partial charge in [0.2, 0.25) is 0 Å². The summed E-state index contributed by atoms with van der Waals surface area (Å²) in [4.78, 5) is 0. The molecule has 0 radical (unpaired) electrons. The van der Waals surface area contributed by atoms with E-state index in [4.69, 9.17) is 0 Å². The molecule has 0 saturated heterocycles. The Labute approximate surface area is 74.4 Å². The minimum atomic E-state index is 0.932. The lowest BCUT2D eigenvalue weighted by Crippen LogP contribution is -2.11. The quantitative estimate of drug-likeness (QED) is 0.509. The van der Waals surface area contributed by atoms with Crippen molar-refractivity contribution in [2.24, 2.45) is 11.8 Å². The van der Waals surface area contributed by atoms with Gasteiger partial charge in [-0.05, 0) is 49.5 Å². The Balaban J connectivity index is 1.99. The van der Waals surface area contributed by atoms with Crippen LogP contribution in [0.4, 0.5) is 0 Å². The molecule has 0 heterocycles. The number of hydrogen-bond donors (Lipinski definition) is 0. The number of allylic oxidation sites excluding steroid dienone is 4. The largest absolute Gasteiger partial charge is 0.0805 e. The Bertz CT molecular complexity index is 257. The molecule has 3 aliphatic rings. The molecule has 64 valence electrons. The Morgan fingerprint density at radius 3 is 3.08 bits per heavy atom. The molecule has 1 saturated carbocycles. The Morgan fingerprint density at radius 1 is 1.08 bits per heavy atom. The predicted molar refractivity (Wildman–Crippen MR) is 50.8 cm³/mol. The van der Waals surface area contributed by atoms with Gasteiger partial charge >= 0.3 is 0 Å². The first-order valence-corrected chi connectivity index (χ1v) is 5.35. The second-order valence-electron chi connectivity index (χ2n) is 4.46. The van der Waals surface area contributed by atoms with E-state index in [1.165, 1.54) is 38.5 Å². The zero-order chi connectivity index (χ0) is 7.97. The van der Waals surface area contributed by atoms with Gasteiger partial charge in [-0.15, -0.1) is 0 Å². The number of rotatable bonds is 0. The van der Waals surface area contributed by atoms with E-state index in [1.807, 2.05) is 5.57 Å². The summed E-state index contributed by atoms with van der Waals surface area (Å²) in [5.41, 5.74) is 3.55. The van der Waals surface area contributed by atoms with E-state index < -0.39 is 0 Å². The van der Waals surface area contributed by atoms with Crippen LogP contribution in [0.5, 0.6) is 0 Å². The van der Waals surface area contributed by atoms with E-state index in [0.29, 0.717) is 0 Å². The van der Waals surface area contributed by atoms with Crippen LogP contribution >= 0.6 is 0 Å². The predicted octanol–water partition coefficient (Wildman–Crippen LogP) is 3.45. The smallest absolute Gasteiger partial charge is 0.0134 e. The van der Waals surface area contributed by atoms with Crippen LogP contribution in [-0.2, 0) is 0 Å². The van der Waals surface area contributed by atoms with Crippen molar-refractivity contribution in [1.82, 2.24) is 0 Å². The SMILES string of the molecule is C1=CC2CCCC2C2=C1CCC2. The molecule has 3 rings (SSSR count). The highest BCUT2D eigenvalue weighted by atomic mass is 14.4. The number of hydrogen-bond acceptors (Lipinski definition) is 0. The van der Waals surface area contributed by atoms with E-state index >= 15 is 0 Å². The first kappa shape index (κ1) is 6.94. The molecule has 3 aliphatic carbocycles. The maximum Gasteiger partial charge on any atom is -0.0134 e. The molecule has 2 unspecified atom stereocenters. The summed E-state index contributed by atoms with van der Waals surface area (Å²) < 4.78 is 0. The van der Waals surface area contributed by atoms with Gasteiger partial charge in [0.05, 0.1) is 0 Å². The first-order valence-electron chi connectivity index (χ1n) is 5.35. The third-order valence-electron chi connectivity index (χ3n) is 3.87. The van der Waals surface area contributed by atoms with Gasteiger partial charge in [-0.2, -0.15) is 0 Å². The standard InChI is InChI=1S/C12H16/c1-3-9-7-8-10-4-2-6-12(10)11(9)5-1/h7-9,11H,1-6H2. The molecule has 0 bridgehead atoms. The fourth-order valence-electron chi connectivity index (χ4n) is 3.30. The summed E-state index contributed by atoms with van der Waals surface area (Å²) in [6, 6.07) is 0. The van der Waals surface area contributed by atoms with E-state index in [-0.39, 0.29) is 0 Å². The molecular formula is C12H16. The van der Waals surface area contributed by atoms with Crippen LogP contribution in [0.15, 0.2) is 23.3 Å². The van der Waals surface area contributed by atoms with Crippen molar-refractivity contribution in [3.63, 3.8) is 0 Å². The number of fused-ring (bicyclic) bond motifs is 2. The van der Waals surface area contributed by atoms with Crippen molar-refractivity contribution in [3.8, 4) is 0 Å². The topological polar surface area (TPSA) is 0 Å². The van der Waals surface area contributed by atoms with Gasteiger partial charge in [0.1, 0.15) is 0 Å². The monoisotopic (exact) mass is 160 g/mol. The Morgan fingerprint density at radius 2 is 2.08 bits per heavy atom. The molecule has 0 aliphatic heterocycles. The molecule has 0 aromatic rings. The molecule has 2 atom stereocenters. The van der Waals surface area contributed by atoms with Crippen LogP contribution in [0.25, 0.3) is 0 Å². The third-order valence-corrected chi connectivity index (χ3v) is 3.87. The molecule has 0 amide bonds. The Hall–Kier alpha value is -0.520. The molecule has 0 N–H and O–H groups in total. The summed E-state index contributed by atoms with van der Waals surface area (Å²) in [5, 5.41) is 0. The Kier molecular flexibility index (Phi) is 1.44. The second-order valence-corrected chi connectivity index (χ2v) is 4.46. The minimum absolute atomic E-state index is 0.932. The van der Waals surface area contributed by atoms with Crippen LogP contribution in [0, 0.1) is 11.8 Å². The van der Waals surface area contributed by atoms with Gasteiger partial charge in [0, 0.05) is 0 Å². The van der Waals surface area contributed by atoms with E-state index in [1.54, 1.807) is 5.57 Å². The molecule has 1 fully saturated rings. The maximum atomic E-state index is 2.49. The van der Waals surface area contributed by atoms with Crippen molar-refractivity contribution in [1.29, 1.82) is 0 Å². The molecule has 12 heavy (non-hydrogen) atoms. The lowest BCUT2D eigenvalue weighted by molar-refractivity contribution is 0.510. The van der Waals surface area contributed by atoms with E-state index in [2.05, 4.69) is 12.2 Å². The van der Waals surface area contributed by atoms with Crippen molar-refractivity contribution in [2.75, 3.05) is 0 Å². The van der Waals surface area contributed by atoms with Gasteiger partial charge in [0.15, 0.2) is 0 Å². The summed E-state index contributed by atoms with van der Waals surface area (Å²) in [5.74, 6) is 1.91. The van der Waals surface area contributed by atoms with Crippen LogP contribution in [-0.4, -0.2) is 0 Å². The van der Waals surface area contributed by atoms with Crippen molar-refractivity contribution >= 4 is 0 Å². The highest BCUT2D eigenvalue weighted by Gasteiger charge is 2.33. The molecule has 0 heteroatoms. The second kappa shape index (κ2) is 2.48. The van der Waals surface area contributed by atoms with Crippen molar-refractivity contribution < 1.29 is 0 Å². The normalized spacial score (nSPS) is 38.7. The average molecular weight is 160 g/mol. The van der Waals surface area contributed by atoms with Crippen LogP contribution in [0.1, 0.15) is 38.5 Å². The fraction of sp³-hybridized carbons (Fsp3) is 0.667. The van der Waals surface area contributed by atoms with Crippen LogP contribution < -0.4 is 0 Å². The summed E-state index contributed by atoms with van der Waals surface area (Å²) in [6.07, 6.45) is 13.5. The zero-order valence-corrected chi connectivity index (χ0v) is 7.55. The summed E-state index contributed by atoms with van der Waals surface area (Å²) in [7, 11) is 0. The average Bonchev–Trinajstić information content (AvgIpc) is 2.71. The molecule has 0 spiro atoms. The molecule has 0 aromatic heterocycles.